The number of hydrogen-bond acceptors (Lipinski definition) is 4. The van der Waals surface area contributed by atoms with Crippen molar-refractivity contribution in [3.63, 3.8) is 0 Å². The van der Waals surface area contributed by atoms with Crippen LogP contribution in [0.4, 0.5) is 4.39 Å². The molecule has 0 amide bonds. The first-order valence-electron chi connectivity index (χ1n) is 10.6. The first-order chi connectivity index (χ1) is 17.0. The van der Waals surface area contributed by atoms with E-state index in [4.69, 9.17) is 11.6 Å². The fourth-order valence-electron chi connectivity index (χ4n) is 3.73. The summed E-state index contributed by atoms with van der Waals surface area (Å²) < 4.78 is 16.2. The zero-order valence-corrected chi connectivity index (χ0v) is 19.7. The van der Waals surface area contributed by atoms with E-state index >= 15 is 0 Å². The molecule has 0 radical (unpaired) electrons. The summed E-state index contributed by atoms with van der Waals surface area (Å²) in [6.07, 6.45) is 3.42. The van der Waals surface area contributed by atoms with Gasteiger partial charge in [-0.15, -0.1) is 5.10 Å². The second-order valence-corrected chi connectivity index (χ2v) is 9.16. The summed E-state index contributed by atoms with van der Waals surface area (Å²) >= 11 is 6.89. The largest absolute Gasteiger partial charge is 0.477 e. The Bertz CT molecular complexity index is 1560. The van der Waals surface area contributed by atoms with E-state index in [1.54, 1.807) is 48.5 Å². The van der Waals surface area contributed by atoms with Gasteiger partial charge in [-0.2, -0.15) is 0 Å². The molecular formula is C26H18ClFN4O2S. The summed E-state index contributed by atoms with van der Waals surface area (Å²) in [5, 5.41) is 18.6. The number of para-hydroxylation sites is 1. The Balaban J connectivity index is 1.47. The van der Waals surface area contributed by atoms with E-state index in [0.29, 0.717) is 28.5 Å². The van der Waals surface area contributed by atoms with Crippen LogP contribution in [0.5, 0.6) is 0 Å². The SMILES string of the molecule is O=C(O)/C(=C/c1cn(Cc2ccccc2F)c2ccccc12)Sc1n[nH]c(-c2ccc(Cl)cc2)n1. The molecule has 2 aromatic heterocycles. The molecule has 3 aromatic carbocycles. The van der Waals surface area contributed by atoms with Gasteiger partial charge in [0.2, 0.25) is 5.16 Å². The van der Waals surface area contributed by atoms with E-state index in [1.807, 2.05) is 35.0 Å². The molecule has 2 N–H and O–H groups in total. The average molecular weight is 505 g/mol. The number of halogens is 2. The van der Waals surface area contributed by atoms with Gasteiger partial charge in [-0.3, -0.25) is 5.10 Å². The topological polar surface area (TPSA) is 83.8 Å². The highest BCUT2D eigenvalue weighted by atomic mass is 35.5. The van der Waals surface area contributed by atoms with Crippen LogP contribution in [-0.4, -0.2) is 30.8 Å². The van der Waals surface area contributed by atoms with Crippen LogP contribution in [0.3, 0.4) is 0 Å². The number of rotatable bonds is 7. The first kappa shape index (κ1) is 22.9. The van der Waals surface area contributed by atoms with Crippen molar-refractivity contribution in [1.29, 1.82) is 0 Å². The van der Waals surface area contributed by atoms with Crippen LogP contribution in [0.25, 0.3) is 28.4 Å². The molecule has 174 valence electrons. The van der Waals surface area contributed by atoms with Crippen molar-refractivity contribution in [3.05, 3.63) is 106 Å². The van der Waals surface area contributed by atoms with Crippen LogP contribution < -0.4 is 0 Å². The number of carbonyl (C=O) groups is 1. The Hall–Kier alpha value is -3.88. The molecule has 0 saturated heterocycles. The summed E-state index contributed by atoms with van der Waals surface area (Å²) in [6.45, 7) is 0.321. The van der Waals surface area contributed by atoms with Gasteiger partial charge >= 0.3 is 5.97 Å². The van der Waals surface area contributed by atoms with Crippen LogP contribution in [0, 0.1) is 5.82 Å². The Morgan fingerprint density at radius 1 is 1.09 bits per heavy atom. The minimum Gasteiger partial charge on any atom is -0.477 e. The van der Waals surface area contributed by atoms with Crippen LogP contribution in [-0.2, 0) is 11.3 Å². The van der Waals surface area contributed by atoms with E-state index in [1.165, 1.54) is 6.07 Å². The molecule has 0 saturated carbocycles. The third kappa shape index (κ3) is 4.99. The molecule has 0 fully saturated rings. The van der Waals surface area contributed by atoms with Gasteiger partial charge in [0.25, 0.3) is 0 Å². The lowest BCUT2D eigenvalue weighted by Crippen LogP contribution is -2.00. The maximum atomic E-state index is 14.3. The molecule has 6 nitrogen and oxygen atoms in total. The second-order valence-electron chi connectivity index (χ2n) is 7.71. The zero-order chi connectivity index (χ0) is 24.4. The molecule has 2 heterocycles. The number of aromatic amines is 1. The number of fused-ring (bicyclic) bond motifs is 1. The summed E-state index contributed by atoms with van der Waals surface area (Å²) in [6, 6.07) is 21.3. The highest BCUT2D eigenvalue weighted by Gasteiger charge is 2.17. The number of aliphatic carboxylic acids is 1. The van der Waals surface area contributed by atoms with Crippen molar-refractivity contribution < 1.29 is 14.3 Å². The Kier molecular flexibility index (Phi) is 6.39. The third-order valence-electron chi connectivity index (χ3n) is 5.40. The maximum absolute atomic E-state index is 14.3. The third-order valence-corrected chi connectivity index (χ3v) is 6.53. The van der Waals surface area contributed by atoms with Crippen molar-refractivity contribution in [2.45, 2.75) is 11.7 Å². The van der Waals surface area contributed by atoms with E-state index in [-0.39, 0.29) is 15.9 Å². The number of aromatic nitrogens is 4. The predicted molar refractivity (Wildman–Crippen MR) is 136 cm³/mol. The van der Waals surface area contributed by atoms with Crippen molar-refractivity contribution in [3.8, 4) is 11.4 Å². The Morgan fingerprint density at radius 2 is 1.83 bits per heavy atom. The molecular weight excluding hydrogens is 487 g/mol. The minimum absolute atomic E-state index is 0.0560. The Labute approximate surface area is 209 Å². The quantitative estimate of drug-likeness (QED) is 0.195. The van der Waals surface area contributed by atoms with Gasteiger partial charge in [-0.05, 0) is 54.2 Å². The molecule has 0 atom stereocenters. The van der Waals surface area contributed by atoms with Crippen molar-refractivity contribution in [2.24, 2.45) is 0 Å². The number of nitrogens with one attached hydrogen (secondary N) is 1. The van der Waals surface area contributed by atoms with Gasteiger partial charge in [0, 0.05) is 38.8 Å². The van der Waals surface area contributed by atoms with Gasteiger partial charge in [0.1, 0.15) is 10.7 Å². The molecule has 0 aliphatic rings. The fraction of sp³-hybridized carbons (Fsp3) is 0.0385. The number of H-pyrrole nitrogens is 1. The van der Waals surface area contributed by atoms with Gasteiger partial charge in [0.05, 0.1) is 6.54 Å². The van der Waals surface area contributed by atoms with E-state index in [2.05, 4.69) is 15.2 Å². The number of thioether (sulfide) groups is 1. The lowest BCUT2D eigenvalue weighted by atomic mass is 10.1. The molecule has 0 unspecified atom stereocenters. The number of carboxylic acids is 1. The van der Waals surface area contributed by atoms with Gasteiger partial charge < -0.3 is 9.67 Å². The maximum Gasteiger partial charge on any atom is 0.342 e. The van der Waals surface area contributed by atoms with Gasteiger partial charge in [-0.1, -0.05) is 48.0 Å². The molecule has 0 spiro atoms. The minimum atomic E-state index is -1.10. The van der Waals surface area contributed by atoms with Gasteiger partial charge in [0.15, 0.2) is 5.82 Å². The van der Waals surface area contributed by atoms with Crippen LogP contribution in [0.15, 0.2) is 89.1 Å². The fourth-order valence-corrected chi connectivity index (χ4v) is 4.56. The highest BCUT2D eigenvalue weighted by molar-refractivity contribution is 8.04. The van der Waals surface area contributed by atoms with Crippen molar-refractivity contribution in [1.82, 2.24) is 19.7 Å². The first-order valence-corrected chi connectivity index (χ1v) is 11.8. The van der Waals surface area contributed by atoms with Crippen LogP contribution in [0.2, 0.25) is 5.02 Å². The molecule has 9 heteroatoms. The number of carboxylic acid groups (broad SMARTS) is 1. The molecule has 5 rings (SSSR count). The molecule has 35 heavy (non-hydrogen) atoms. The zero-order valence-electron chi connectivity index (χ0n) is 18.2. The van der Waals surface area contributed by atoms with E-state index in [9.17, 15) is 14.3 Å². The Morgan fingerprint density at radius 3 is 2.60 bits per heavy atom. The smallest absolute Gasteiger partial charge is 0.342 e. The summed E-state index contributed by atoms with van der Waals surface area (Å²) in [5.74, 6) is -0.876. The summed E-state index contributed by atoms with van der Waals surface area (Å²) in [5.41, 5.74) is 2.91. The second kappa shape index (κ2) is 9.77. The van der Waals surface area contributed by atoms with Crippen molar-refractivity contribution in [2.75, 3.05) is 0 Å². The molecule has 0 bridgehead atoms. The lowest BCUT2D eigenvalue weighted by molar-refractivity contribution is -0.131. The van der Waals surface area contributed by atoms with Crippen molar-refractivity contribution >= 4 is 46.3 Å². The van der Waals surface area contributed by atoms with Gasteiger partial charge in [-0.25, -0.2) is 14.2 Å². The lowest BCUT2D eigenvalue weighted by Gasteiger charge is -2.06. The molecule has 5 aromatic rings. The average Bonchev–Trinajstić information content (AvgIpc) is 3.46. The number of nitrogens with zero attached hydrogens (tertiary/aromatic N) is 3. The highest BCUT2D eigenvalue weighted by Crippen LogP contribution is 2.31. The van der Waals surface area contributed by atoms with Crippen LogP contribution >= 0.6 is 23.4 Å². The standard InChI is InChI=1S/C26H18ClFN4O2S/c27-19-11-9-16(10-12-19)24-29-26(31-30-24)35-23(25(33)34)13-18-15-32(22-8-4-2-6-20(18)22)14-17-5-1-3-7-21(17)28/h1-13,15H,14H2,(H,33,34)(H,29,30,31)/b23-13-. The summed E-state index contributed by atoms with van der Waals surface area (Å²) in [7, 11) is 0. The van der Waals surface area contributed by atoms with Crippen LogP contribution in [0.1, 0.15) is 11.1 Å². The van der Waals surface area contributed by atoms with E-state index in [0.717, 1.165) is 28.2 Å². The molecule has 0 aliphatic heterocycles. The number of hydrogen-bond donors (Lipinski definition) is 2. The normalized spacial score (nSPS) is 11.8. The predicted octanol–water partition coefficient (Wildman–Crippen LogP) is 6.49. The van der Waals surface area contributed by atoms with E-state index < -0.39 is 5.97 Å². The monoisotopic (exact) mass is 504 g/mol. The molecule has 0 aliphatic carbocycles. The summed E-state index contributed by atoms with van der Waals surface area (Å²) in [4.78, 5) is 16.5. The number of benzene rings is 3.